The molecule has 0 aromatic heterocycles. The van der Waals surface area contributed by atoms with Gasteiger partial charge in [-0.2, -0.15) is 0 Å². The fourth-order valence-corrected chi connectivity index (χ4v) is 3.47. The van der Waals surface area contributed by atoms with Gasteiger partial charge in [0.15, 0.2) is 9.84 Å². The van der Waals surface area contributed by atoms with Crippen LogP contribution in [0.5, 0.6) is 0 Å². The van der Waals surface area contributed by atoms with Gasteiger partial charge in [-0.1, -0.05) is 19.1 Å². The first kappa shape index (κ1) is 17.0. The first-order chi connectivity index (χ1) is 9.77. The Labute approximate surface area is 122 Å². The van der Waals surface area contributed by atoms with Gasteiger partial charge in [0, 0.05) is 0 Å². The summed E-state index contributed by atoms with van der Waals surface area (Å²) in [4.78, 5) is 22.7. The molecule has 0 amide bonds. The molecule has 0 aliphatic carbocycles. The number of benzene rings is 1. The summed E-state index contributed by atoms with van der Waals surface area (Å²) in [5.41, 5.74) is 0.0933. The van der Waals surface area contributed by atoms with Gasteiger partial charge in [0.05, 0.1) is 16.3 Å². The highest BCUT2D eigenvalue weighted by Crippen LogP contribution is 2.26. The maximum absolute atomic E-state index is 12.2. The second-order valence-electron chi connectivity index (χ2n) is 4.43. The third-order valence-electron chi connectivity index (χ3n) is 2.67. The molecule has 0 unspecified atom stereocenters. The van der Waals surface area contributed by atoms with Gasteiger partial charge in [-0.05, 0) is 18.6 Å². The summed E-state index contributed by atoms with van der Waals surface area (Å²) in [5.74, 6) is -2.56. The van der Waals surface area contributed by atoms with E-state index in [1.807, 2.05) is 0 Å². The van der Waals surface area contributed by atoms with Crippen LogP contribution in [0.25, 0.3) is 0 Å². The maximum Gasteiger partial charge on any atom is 0.323 e. The van der Waals surface area contributed by atoms with Gasteiger partial charge in [-0.25, -0.2) is 8.42 Å². The molecule has 0 atom stereocenters. The number of carboxylic acid groups (broad SMARTS) is 2. The summed E-state index contributed by atoms with van der Waals surface area (Å²) in [6.07, 6.45) is 0.411. The number of hydrogen-bond acceptors (Lipinski definition) is 5. The first-order valence-corrected chi connectivity index (χ1v) is 7.93. The van der Waals surface area contributed by atoms with Crippen molar-refractivity contribution in [2.45, 2.75) is 18.2 Å². The fourth-order valence-electron chi connectivity index (χ4n) is 1.91. The molecule has 0 heterocycles. The minimum absolute atomic E-state index is 0.0469. The lowest BCUT2D eigenvalue weighted by Crippen LogP contribution is -2.35. The summed E-state index contributed by atoms with van der Waals surface area (Å²) in [5, 5.41) is 17.7. The van der Waals surface area contributed by atoms with E-state index in [0.717, 1.165) is 4.90 Å². The van der Waals surface area contributed by atoms with E-state index in [2.05, 4.69) is 0 Å². The number of rotatable bonds is 8. The molecule has 1 rings (SSSR count). The standard InChI is InChI=1S/C13H17NO6S/c1-2-7-21(19,20)11-6-4-3-5-10(11)14(8-12(15)16)9-13(17)18/h3-6H,2,7-9H2,1H3,(H,15,16)(H,17,18). The molecule has 0 fully saturated rings. The molecule has 0 saturated heterocycles. The van der Waals surface area contributed by atoms with Crippen LogP contribution in [0.1, 0.15) is 13.3 Å². The van der Waals surface area contributed by atoms with Crippen LogP contribution < -0.4 is 4.90 Å². The number of hydrogen-bond donors (Lipinski definition) is 2. The van der Waals surface area contributed by atoms with Crippen LogP contribution in [-0.4, -0.2) is 49.4 Å². The normalized spacial score (nSPS) is 11.1. The SMILES string of the molecule is CCCS(=O)(=O)c1ccccc1N(CC(=O)O)CC(=O)O. The number of nitrogens with zero attached hydrogens (tertiary/aromatic N) is 1. The third-order valence-corrected chi connectivity index (χ3v) is 4.63. The van der Waals surface area contributed by atoms with Crippen molar-refractivity contribution in [2.75, 3.05) is 23.7 Å². The van der Waals surface area contributed by atoms with Gasteiger partial charge < -0.3 is 15.1 Å². The average molecular weight is 315 g/mol. The number of carboxylic acids is 2. The molecule has 1 aromatic rings. The zero-order valence-corrected chi connectivity index (χ0v) is 12.3. The highest BCUT2D eigenvalue weighted by atomic mass is 32.2. The lowest BCUT2D eigenvalue weighted by atomic mass is 10.3. The van der Waals surface area contributed by atoms with Gasteiger partial charge in [-0.15, -0.1) is 0 Å². The minimum Gasteiger partial charge on any atom is -0.480 e. The van der Waals surface area contributed by atoms with Gasteiger partial charge >= 0.3 is 11.9 Å². The van der Waals surface area contributed by atoms with Crippen molar-refractivity contribution in [3.05, 3.63) is 24.3 Å². The van der Waals surface area contributed by atoms with Crippen LogP contribution in [0.15, 0.2) is 29.2 Å². The summed E-state index contributed by atoms with van der Waals surface area (Å²) in [6, 6.07) is 5.83. The Balaban J connectivity index is 3.31. The van der Waals surface area contributed by atoms with Crippen molar-refractivity contribution in [3.8, 4) is 0 Å². The minimum atomic E-state index is -3.59. The highest BCUT2D eigenvalue weighted by molar-refractivity contribution is 7.91. The van der Waals surface area contributed by atoms with E-state index in [9.17, 15) is 18.0 Å². The van der Waals surface area contributed by atoms with Crippen molar-refractivity contribution in [1.82, 2.24) is 0 Å². The summed E-state index contributed by atoms with van der Waals surface area (Å²) in [7, 11) is -3.59. The monoisotopic (exact) mass is 315 g/mol. The Morgan fingerprint density at radius 2 is 1.62 bits per heavy atom. The Morgan fingerprint density at radius 3 is 2.10 bits per heavy atom. The van der Waals surface area contributed by atoms with E-state index in [-0.39, 0.29) is 16.3 Å². The molecule has 0 saturated carbocycles. The molecular formula is C13H17NO6S. The molecule has 7 nitrogen and oxygen atoms in total. The van der Waals surface area contributed by atoms with Crippen LogP contribution in [0.4, 0.5) is 5.69 Å². The average Bonchev–Trinajstić information content (AvgIpc) is 2.37. The van der Waals surface area contributed by atoms with Crippen LogP contribution in [0.2, 0.25) is 0 Å². The van der Waals surface area contributed by atoms with Crippen molar-refractivity contribution in [3.63, 3.8) is 0 Å². The summed E-state index contributed by atoms with van der Waals surface area (Å²) >= 11 is 0. The first-order valence-electron chi connectivity index (χ1n) is 6.28. The highest BCUT2D eigenvalue weighted by Gasteiger charge is 2.23. The fraction of sp³-hybridized carbons (Fsp3) is 0.385. The third kappa shape index (κ3) is 4.75. The molecule has 0 spiro atoms. The quantitative estimate of drug-likeness (QED) is 0.731. The van der Waals surface area contributed by atoms with Crippen LogP contribution in [0, 0.1) is 0 Å². The molecular weight excluding hydrogens is 298 g/mol. The number of para-hydroxylation sites is 1. The molecule has 21 heavy (non-hydrogen) atoms. The van der Waals surface area contributed by atoms with E-state index in [1.165, 1.54) is 24.3 Å². The molecule has 116 valence electrons. The topological polar surface area (TPSA) is 112 Å². The summed E-state index contributed by atoms with van der Waals surface area (Å²) in [6.45, 7) is 0.530. The number of aliphatic carboxylic acids is 2. The van der Waals surface area contributed by atoms with E-state index in [0.29, 0.717) is 6.42 Å². The van der Waals surface area contributed by atoms with E-state index >= 15 is 0 Å². The second-order valence-corrected chi connectivity index (χ2v) is 6.51. The van der Waals surface area contributed by atoms with E-state index in [1.54, 1.807) is 6.92 Å². The van der Waals surface area contributed by atoms with Gasteiger partial charge in [0.25, 0.3) is 0 Å². The number of carbonyl (C=O) groups is 2. The molecule has 8 heteroatoms. The van der Waals surface area contributed by atoms with Gasteiger partial charge in [0.1, 0.15) is 13.1 Å². The Kier molecular flexibility index (Phi) is 5.71. The lowest BCUT2D eigenvalue weighted by Gasteiger charge is -2.23. The smallest absolute Gasteiger partial charge is 0.323 e. The Hall–Kier alpha value is -2.09. The van der Waals surface area contributed by atoms with E-state index < -0.39 is 34.9 Å². The predicted octanol–water partition coefficient (Wildman–Crippen LogP) is 0.846. The van der Waals surface area contributed by atoms with Crippen molar-refractivity contribution in [1.29, 1.82) is 0 Å². The second kappa shape index (κ2) is 7.07. The van der Waals surface area contributed by atoms with Crippen LogP contribution in [0.3, 0.4) is 0 Å². The number of anilines is 1. The lowest BCUT2D eigenvalue weighted by molar-refractivity contribution is -0.136. The molecule has 1 aromatic carbocycles. The van der Waals surface area contributed by atoms with Gasteiger partial charge in [0.2, 0.25) is 0 Å². The van der Waals surface area contributed by atoms with Crippen LogP contribution in [-0.2, 0) is 19.4 Å². The van der Waals surface area contributed by atoms with Crippen molar-refractivity contribution < 1.29 is 28.2 Å². The zero-order valence-electron chi connectivity index (χ0n) is 11.5. The zero-order chi connectivity index (χ0) is 16.0. The summed E-state index contributed by atoms with van der Waals surface area (Å²) < 4.78 is 24.4. The molecule has 0 aliphatic rings. The van der Waals surface area contributed by atoms with E-state index in [4.69, 9.17) is 10.2 Å². The molecule has 2 N–H and O–H groups in total. The van der Waals surface area contributed by atoms with Crippen molar-refractivity contribution >= 4 is 27.5 Å². The molecule has 0 radical (unpaired) electrons. The largest absolute Gasteiger partial charge is 0.480 e. The van der Waals surface area contributed by atoms with Crippen molar-refractivity contribution in [2.24, 2.45) is 0 Å². The Bertz CT molecular complexity index is 609. The Morgan fingerprint density at radius 1 is 1.10 bits per heavy atom. The van der Waals surface area contributed by atoms with Crippen LogP contribution >= 0.6 is 0 Å². The predicted molar refractivity (Wildman–Crippen MR) is 76.3 cm³/mol. The number of sulfone groups is 1. The maximum atomic E-state index is 12.2. The van der Waals surface area contributed by atoms with Gasteiger partial charge in [-0.3, -0.25) is 9.59 Å². The molecule has 0 bridgehead atoms. The molecule has 0 aliphatic heterocycles.